The fraction of sp³-hybridized carbons (Fsp3) is 0.560. The largest absolute Gasteiger partial charge is 0.447 e. The van der Waals surface area contributed by atoms with Crippen LogP contribution in [0.25, 0.3) is 10.4 Å². The van der Waals surface area contributed by atoms with Crippen molar-refractivity contribution in [2.45, 2.75) is 71.1 Å². The second-order valence-corrected chi connectivity index (χ2v) is 13.2. The molecule has 0 radical (unpaired) electrons. The van der Waals surface area contributed by atoms with Crippen LogP contribution in [0.4, 0.5) is 20.4 Å². The molecule has 1 aromatic carbocycles. The molecule has 1 aromatic heterocycles. The normalized spacial score (nSPS) is 14.7. The zero-order chi connectivity index (χ0) is 28.3. The van der Waals surface area contributed by atoms with E-state index in [1.54, 1.807) is 57.8 Å². The molecule has 0 bridgehead atoms. The van der Waals surface area contributed by atoms with Crippen LogP contribution in [-0.4, -0.2) is 74.4 Å². The summed E-state index contributed by atoms with van der Waals surface area (Å²) in [5, 5.41) is 3.32. The van der Waals surface area contributed by atoms with Gasteiger partial charge in [-0.2, -0.15) is 0 Å². The lowest BCUT2D eigenvalue weighted by Gasteiger charge is -2.34. The summed E-state index contributed by atoms with van der Waals surface area (Å²) in [5.41, 5.74) is 0.0426. The summed E-state index contributed by atoms with van der Waals surface area (Å²) in [5.74, 6) is 0. The molecule has 0 aliphatic carbocycles. The summed E-state index contributed by atoms with van der Waals surface area (Å²) >= 11 is 1.37. The predicted octanol–water partition coefficient (Wildman–Crippen LogP) is 4.51. The van der Waals surface area contributed by atoms with E-state index < -0.39 is 21.7 Å². The fourth-order valence-electron chi connectivity index (χ4n) is 3.74. The number of carbonyl (C=O) groups is 2. The number of thiazole rings is 1. The number of nitrogens with one attached hydrogen (secondary N) is 2. The molecule has 0 spiro atoms. The molecule has 2 heterocycles. The molecule has 1 fully saturated rings. The Morgan fingerprint density at radius 2 is 1.66 bits per heavy atom. The Hall–Kier alpha value is -2.90. The second kappa shape index (κ2) is 11.9. The first-order valence-electron chi connectivity index (χ1n) is 12.5. The van der Waals surface area contributed by atoms with Crippen LogP contribution in [-0.2, 0) is 19.5 Å². The summed E-state index contributed by atoms with van der Waals surface area (Å²) < 4.78 is 39.9. The van der Waals surface area contributed by atoms with E-state index in [-0.39, 0.29) is 23.2 Å². The van der Waals surface area contributed by atoms with E-state index in [0.29, 0.717) is 42.3 Å². The first kappa shape index (κ1) is 29.7. The number of hydrogen-bond acceptors (Lipinski definition) is 9. The third-order valence-electron chi connectivity index (χ3n) is 5.20. The average Bonchev–Trinajstić information content (AvgIpc) is 3.26. The van der Waals surface area contributed by atoms with Gasteiger partial charge in [0, 0.05) is 49.2 Å². The van der Waals surface area contributed by atoms with Gasteiger partial charge in [-0.25, -0.2) is 27.7 Å². The summed E-state index contributed by atoms with van der Waals surface area (Å²) in [7, 11) is -3.96. The standard InChI is InChI=1S/C25H37N5O6S2/c1-16(2)35-23(31)27-18-8-9-19(21(14-18)38(33,34)28-25(5,6)7)20-15-26-22(37-20)29-10-12-30(13-11-29)24(32)36-17(3)4/h8-9,14-17,28H,10-13H2,1-7H3,(H,27,31). The fourth-order valence-corrected chi connectivity index (χ4v) is 6.48. The molecule has 3 rings (SSSR count). The van der Waals surface area contributed by atoms with Gasteiger partial charge in [-0.15, -0.1) is 0 Å². The molecule has 0 saturated carbocycles. The van der Waals surface area contributed by atoms with Crippen LogP contribution in [0.1, 0.15) is 48.5 Å². The predicted molar refractivity (Wildman–Crippen MR) is 148 cm³/mol. The summed E-state index contributed by atoms with van der Waals surface area (Å²) in [6.45, 7) is 14.5. The van der Waals surface area contributed by atoms with Gasteiger partial charge in [0.15, 0.2) is 5.13 Å². The molecule has 2 N–H and O–H groups in total. The Balaban J connectivity index is 1.87. The van der Waals surface area contributed by atoms with Crippen molar-refractivity contribution in [3.8, 4) is 10.4 Å². The Labute approximate surface area is 228 Å². The quantitative estimate of drug-likeness (QED) is 0.500. The molecule has 1 aliphatic rings. The van der Waals surface area contributed by atoms with Crippen molar-refractivity contribution in [2.75, 3.05) is 36.4 Å². The van der Waals surface area contributed by atoms with Crippen LogP contribution in [0.5, 0.6) is 0 Å². The van der Waals surface area contributed by atoms with E-state index in [0.717, 1.165) is 5.13 Å². The molecule has 13 heteroatoms. The number of sulfonamides is 1. The van der Waals surface area contributed by atoms with Gasteiger partial charge in [0.2, 0.25) is 10.0 Å². The number of rotatable bonds is 7. The van der Waals surface area contributed by atoms with Crippen LogP contribution in [0, 0.1) is 0 Å². The third-order valence-corrected chi connectivity index (χ3v) is 8.09. The first-order valence-corrected chi connectivity index (χ1v) is 14.8. The number of anilines is 2. The monoisotopic (exact) mass is 567 g/mol. The summed E-state index contributed by atoms with van der Waals surface area (Å²) in [4.78, 5) is 33.3. The number of carbonyl (C=O) groups excluding carboxylic acids is 2. The zero-order valence-electron chi connectivity index (χ0n) is 22.9. The van der Waals surface area contributed by atoms with E-state index in [4.69, 9.17) is 9.47 Å². The van der Waals surface area contributed by atoms with Gasteiger partial charge >= 0.3 is 12.2 Å². The van der Waals surface area contributed by atoms with E-state index >= 15 is 0 Å². The highest BCUT2D eigenvalue weighted by Crippen LogP contribution is 2.37. The van der Waals surface area contributed by atoms with Crippen molar-refractivity contribution in [1.82, 2.24) is 14.6 Å². The van der Waals surface area contributed by atoms with E-state index in [1.165, 1.54) is 17.4 Å². The Morgan fingerprint density at radius 3 is 2.24 bits per heavy atom. The van der Waals surface area contributed by atoms with Crippen molar-refractivity contribution < 1.29 is 27.5 Å². The lowest BCUT2D eigenvalue weighted by molar-refractivity contribution is 0.0751. The van der Waals surface area contributed by atoms with Crippen molar-refractivity contribution >= 4 is 44.4 Å². The molecule has 1 saturated heterocycles. The minimum absolute atomic E-state index is 0.0197. The number of benzene rings is 1. The Kier molecular flexibility index (Phi) is 9.26. The van der Waals surface area contributed by atoms with E-state index in [9.17, 15) is 18.0 Å². The third kappa shape index (κ3) is 8.05. The summed E-state index contributed by atoms with van der Waals surface area (Å²) in [6, 6.07) is 4.70. The number of aromatic nitrogens is 1. The van der Waals surface area contributed by atoms with Gasteiger partial charge in [-0.1, -0.05) is 17.4 Å². The average molecular weight is 568 g/mol. The maximum atomic E-state index is 13.4. The van der Waals surface area contributed by atoms with Crippen molar-refractivity contribution in [2.24, 2.45) is 0 Å². The van der Waals surface area contributed by atoms with Crippen LogP contribution in [0.15, 0.2) is 29.3 Å². The van der Waals surface area contributed by atoms with E-state index in [2.05, 4.69) is 19.9 Å². The van der Waals surface area contributed by atoms with Gasteiger partial charge in [-0.3, -0.25) is 5.32 Å². The van der Waals surface area contributed by atoms with Crippen molar-refractivity contribution in [3.05, 3.63) is 24.4 Å². The highest BCUT2D eigenvalue weighted by molar-refractivity contribution is 7.89. The lowest BCUT2D eigenvalue weighted by Crippen LogP contribution is -2.49. The van der Waals surface area contributed by atoms with Gasteiger partial charge in [0.1, 0.15) is 0 Å². The van der Waals surface area contributed by atoms with Gasteiger partial charge in [0.05, 0.1) is 22.0 Å². The van der Waals surface area contributed by atoms with Crippen LogP contribution >= 0.6 is 11.3 Å². The number of piperazine rings is 1. The molecule has 2 aromatic rings. The van der Waals surface area contributed by atoms with Crippen LogP contribution in [0.2, 0.25) is 0 Å². The molecule has 11 nitrogen and oxygen atoms in total. The molecule has 1 aliphatic heterocycles. The topological polar surface area (TPSA) is 130 Å². The molecule has 2 amide bonds. The number of nitrogens with zero attached hydrogens (tertiary/aromatic N) is 3. The summed E-state index contributed by atoms with van der Waals surface area (Å²) in [6.07, 6.45) is 0.148. The number of amides is 2. The lowest BCUT2D eigenvalue weighted by atomic mass is 10.1. The highest BCUT2D eigenvalue weighted by Gasteiger charge is 2.28. The minimum atomic E-state index is -3.96. The zero-order valence-corrected chi connectivity index (χ0v) is 24.5. The SMILES string of the molecule is CC(C)OC(=O)Nc1ccc(-c2cnc(N3CCN(C(=O)OC(C)C)CC3)s2)c(S(=O)(=O)NC(C)(C)C)c1. The number of hydrogen-bond donors (Lipinski definition) is 2. The van der Waals surface area contributed by atoms with Crippen LogP contribution in [0.3, 0.4) is 0 Å². The molecule has 0 unspecified atom stereocenters. The van der Waals surface area contributed by atoms with Gasteiger partial charge in [0.25, 0.3) is 0 Å². The van der Waals surface area contributed by atoms with Crippen molar-refractivity contribution in [1.29, 1.82) is 0 Å². The Bertz CT molecular complexity index is 1250. The molecule has 210 valence electrons. The number of ether oxygens (including phenoxy) is 2. The second-order valence-electron chi connectivity index (χ2n) is 10.6. The minimum Gasteiger partial charge on any atom is -0.447 e. The van der Waals surface area contributed by atoms with Crippen molar-refractivity contribution in [3.63, 3.8) is 0 Å². The maximum Gasteiger partial charge on any atom is 0.411 e. The smallest absolute Gasteiger partial charge is 0.411 e. The molecule has 38 heavy (non-hydrogen) atoms. The molecular weight excluding hydrogens is 530 g/mol. The van der Waals surface area contributed by atoms with E-state index in [1.807, 2.05) is 13.8 Å². The first-order chi connectivity index (χ1) is 17.6. The maximum absolute atomic E-state index is 13.4. The Morgan fingerprint density at radius 1 is 1.03 bits per heavy atom. The highest BCUT2D eigenvalue weighted by atomic mass is 32.2. The molecule has 0 atom stereocenters. The molecular formula is C25H37N5O6S2. The van der Waals surface area contributed by atoms with Gasteiger partial charge < -0.3 is 19.3 Å². The van der Waals surface area contributed by atoms with Gasteiger partial charge in [-0.05, 0) is 60.6 Å². The van der Waals surface area contributed by atoms with Crippen LogP contribution < -0.4 is 14.9 Å².